The highest BCUT2D eigenvalue weighted by atomic mass is 79.9. The first kappa shape index (κ1) is 17.8. The number of carboxylic acids is 1. The van der Waals surface area contributed by atoms with Gasteiger partial charge in [0.25, 0.3) is 0 Å². The standard InChI is InChI=1S/C15H9Br2ClO5/c16-8-1-3-13(11(17)5-8)22-7-14(19)23-12-4-2-9(18)6-10(12)15(20)21/h1-6H,7H2,(H,20,21). The molecule has 0 spiro atoms. The van der Waals surface area contributed by atoms with Gasteiger partial charge in [-0.3, -0.25) is 0 Å². The maximum atomic E-state index is 11.8. The minimum atomic E-state index is -1.24. The Hall–Kier alpha value is -1.57. The van der Waals surface area contributed by atoms with E-state index in [2.05, 4.69) is 31.9 Å². The van der Waals surface area contributed by atoms with E-state index in [9.17, 15) is 9.59 Å². The fourth-order valence-corrected chi connectivity index (χ4v) is 2.97. The van der Waals surface area contributed by atoms with Gasteiger partial charge in [-0.1, -0.05) is 27.5 Å². The number of hydrogen-bond acceptors (Lipinski definition) is 4. The highest BCUT2D eigenvalue weighted by Crippen LogP contribution is 2.28. The molecule has 0 amide bonds. The maximum Gasteiger partial charge on any atom is 0.349 e. The number of halogens is 3. The van der Waals surface area contributed by atoms with Gasteiger partial charge in [-0.2, -0.15) is 0 Å². The molecular weight excluding hydrogens is 455 g/mol. The van der Waals surface area contributed by atoms with Gasteiger partial charge in [-0.25, -0.2) is 9.59 Å². The van der Waals surface area contributed by atoms with E-state index in [1.165, 1.54) is 18.2 Å². The molecule has 0 aliphatic rings. The molecule has 120 valence electrons. The number of aromatic carboxylic acids is 1. The van der Waals surface area contributed by atoms with Gasteiger partial charge in [0.1, 0.15) is 17.1 Å². The molecule has 0 saturated carbocycles. The van der Waals surface area contributed by atoms with Gasteiger partial charge in [0.15, 0.2) is 6.61 Å². The number of esters is 1. The first-order chi connectivity index (χ1) is 10.9. The van der Waals surface area contributed by atoms with Gasteiger partial charge < -0.3 is 14.6 Å². The van der Waals surface area contributed by atoms with Gasteiger partial charge in [0, 0.05) is 9.50 Å². The Morgan fingerprint density at radius 2 is 1.78 bits per heavy atom. The summed E-state index contributed by atoms with van der Waals surface area (Å²) >= 11 is 12.3. The first-order valence-electron chi connectivity index (χ1n) is 6.18. The SMILES string of the molecule is O=C(COc1ccc(Br)cc1Br)Oc1ccc(Cl)cc1C(=O)O. The Labute approximate surface area is 153 Å². The number of carbonyl (C=O) groups is 2. The molecule has 1 N–H and O–H groups in total. The fraction of sp³-hybridized carbons (Fsp3) is 0.0667. The fourth-order valence-electron chi connectivity index (χ4n) is 1.64. The molecule has 0 aliphatic carbocycles. The summed E-state index contributed by atoms with van der Waals surface area (Å²) in [4.78, 5) is 22.9. The summed E-state index contributed by atoms with van der Waals surface area (Å²) in [5, 5.41) is 9.31. The molecule has 0 bridgehead atoms. The largest absolute Gasteiger partial charge is 0.481 e. The Kier molecular flexibility index (Phi) is 6.04. The van der Waals surface area contributed by atoms with E-state index in [0.29, 0.717) is 10.2 Å². The lowest BCUT2D eigenvalue weighted by Gasteiger charge is -2.10. The molecule has 0 unspecified atom stereocenters. The van der Waals surface area contributed by atoms with E-state index in [0.717, 1.165) is 4.47 Å². The second-order valence-corrected chi connectivity index (χ2v) is 6.49. The van der Waals surface area contributed by atoms with Crippen molar-refractivity contribution in [1.82, 2.24) is 0 Å². The molecule has 2 rings (SSSR count). The second-order valence-electron chi connectivity index (χ2n) is 4.28. The average molecular weight is 464 g/mol. The second kappa shape index (κ2) is 7.81. The van der Waals surface area contributed by atoms with Crippen LogP contribution in [-0.2, 0) is 4.79 Å². The third-order valence-corrected chi connectivity index (χ3v) is 3.98. The van der Waals surface area contributed by atoms with Crippen molar-refractivity contribution in [1.29, 1.82) is 0 Å². The van der Waals surface area contributed by atoms with Crippen molar-refractivity contribution in [3.63, 3.8) is 0 Å². The van der Waals surface area contributed by atoms with E-state index in [4.69, 9.17) is 26.2 Å². The molecule has 2 aromatic carbocycles. The van der Waals surface area contributed by atoms with Crippen molar-refractivity contribution in [2.45, 2.75) is 0 Å². The maximum absolute atomic E-state index is 11.8. The molecule has 0 fully saturated rings. The summed E-state index contributed by atoms with van der Waals surface area (Å²) in [6, 6.07) is 9.16. The van der Waals surface area contributed by atoms with Crippen LogP contribution in [0.3, 0.4) is 0 Å². The highest BCUT2D eigenvalue weighted by Gasteiger charge is 2.16. The van der Waals surface area contributed by atoms with Gasteiger partial charge in [-0.15, -0.1) is 0 Å². The monoisotopic (exact) mass is 462 g/mol. The average Bonchev–Trinajstić information content (AvgIpc) is 2.48. The molecule has 0 atom stereocenters. The number of carbonyl (C=O) groups excluding carboxylic acids is 1. The van der Waals surface area contributed by atoms with Crippen LogP contribution in [0.25, 0.3) is 0 Å². The van der Waals surface area contributed by atoms with Crippen molar-refractivity contribution in [3.8, 4) is 11.5 Å². The van der Waals surface area contributed by atoms with E-state index < -0.39 is 11.9 Å². The molecule has 0 radical (unpaired) electrons. The van der Waals surface area contributed by atoms with E-state index in [-0.39, 0.29) is 22.9 Å². The number of benzene rings is 2. The molecule has 8 heteroatoms. The third kappa shape index (κ3) is 4.95. The number of hydrogen-bond donors (Lipinski definition) is 1. The normalized spacial score (nSPS) is 10.2. The van der Waals surface area contributed by atoms with E-state index in [1.807, 2.05) is 0 Å². The summed E-state index contributed by atoms with van der Waals surface area (Å²) in [6.07, 6.45) is 0. The lowest BCUT2D eigenvalue weighted by atomic mass is 10.2. The number of ether oxygens (including phenoxy) is 2. The van der Waals surface area contributed by atoms with Crippen LogP contribution in [-0.4, -0.2) is 23.7 Å². The van der Waals surface area contributed by atoms with Gasteiger partial charge in [0.05, 0.1) is 4.47 Å². The van der Waals surface area contributed by atoms with Crippen LogP contribution < -0.4 is 9.47 Å². The summed E-state index contributed by atoms with van der Waals surface area (Å²) in [6.45, 7) is -0.373. The topological polar surface area (TPSA) is 72.8 Å². The zero-order valence-corrected chi connectivity index (χ0v) is 15.3. The van der Waals surface area contributed by atoms with Crippen LogP contribution in [0, 0.1) is 0 Å². The zero-order chi connectivity index (χ0) is 17.0. The Morgan fingerprint density at radius 1 is 1.09 bits per heavy atom. The van der Waals surface area contributed by atoms with Crippen molar-refractivity contribution in [2.24, 2.45) is 0 Å². The Balaban J connectivity index is 2.04. The molecule has 0 heterocycles. The quantitative estimate of drug-likeness (QED) is 0.519. The van der Waals surface area contributed by atoms with Crippen LogP contribution in [0.15, 0.2) is 45.3 Å². The Bertz CT molecular complexity index is 764. The van der Waals surface area contributed by atoms with Gasteiger partial charge in [-0.05, 0) is 52.3 Å². The number of rotatable bonds is 5. The molecule has 2 aromatic rings. The minimum Gasteiger partial charge on any atom is -0.481 e. The lowest BCUT2D eigenvalue weighted by Crippen LogP contribution is -2.19. The molecule has 5 nitrogen and oxygen atoms in total. The molecule has 0 aromatic heterocycles. The van der Waals surface area contributed by atoms with E-state index >= 15 is 0 Å². The summed E-state index contributed by atoms with van der Waals surface area (Å²) in [5.74, 6) is -1.61. The predicted octanol–water partition coefficient (Wildman–Crippen LogP) is 4.55. The van der Waals surface area contributed by atoms with E-state index in [1.54, 1.807) is 18.2 Å². The van der Waals surface area contributed by atoms with Crippen molar-refractivity contribution in [3.05, 3.63) is 55.9 Å². The number of carboxylic acid groups (broad SMARTS) is 1. The van der Waals surface area contributed by atoms with Crippen molar-refractivity contribution in [2.75, 3.05) is 6.61 Å². The van der Waals surface area contributed by atoms with Crippen LogP contribution in [0.1, 0.15) is 10.4 Å². The predicted molar refractivity (Wildman–Crippen MR) is 91.4 cm³/mol. The summed E-state index contributed by atoms with van der Waals surface area (Å²) in [5.41, 5.74) is -0.198. The van der Waals surface area contributed by atoms with Crippen molar-refractivity contribution >= 4 is 55.4 Å². The smallest absolute Gasteiger partial charge is 0.349 e. The van der Waals surface area contributed by atoms with Crippen molar-refractivity contribution < 1.29 is 24.2 Å². The first-order valence-corrected chi connectivity index (χ1v) is 8.14. The van der Waals surface area contributed by atoms with Gasteiger partial charge >= 0.3 is 11.9 Å². The van der Waals surface area contributed by atoms with Gasteiger partial charge in [0.2, 0.25) is 0 Å². The Morgan fingerprint density at radius 3 is 2.43 bits per heavy atom. The zero-order valence-electron chi connectivity index (χ0n) is 11.4. The van der Waals surface area contributed by atoms with Crippen LogP contribution in [0.5, 0.6) is 11.5 Å². The van der Waals surface area contributed by atoms with Crippen LogP contribution in [0.4, 0.5) is 0 Å². The lowest BCUT2D eigenvalue weighted by molar-refractivity contribution is -0.136. The van der Waals surface area contributed by atoms with Crippen LogP contribution in [0.2, 0.25) is 5.02 Å². The molecular formula is C15H9Br2ClO5. The summed E-state index contributed by atoms with van der Waals surface area (Å²) < 4.78 is 11.9. The molecule has 0 aliphatic heterocycles. The molecule has 23 heavy (non-hydrogen) atoms. The third-order valence-electron chi connectivity index (χ3n) is 2.64. The highest BCUT2D eigenvalue weighted by molar-refractivity contribution is 9.11. The molecule has 0 saturated heterocycles. The van der Waals surface area contributed by atoms with Crippen LogP contribution >= 0.6 is 43.5 Å². The summed E-state index contributed by atoms with van der Waals surface area (Å²) in [7, 11) is 0. The minimum absolute atomic E-state index is 0.0922.